The summed E-state index contributed by atoms with van der Waals surface area (Å²) in [6.45, 7) is 9.96. The van der Waals surface area contributed by atoms with Crippen LogP contribution >= 0.6 is 0 Å². The van der Waals surface area contributed by atoms with Gasteiger partial charge in [0.25, 0.3) is 0 Å². The van der Waals surface area contributed by atoms with E-state index in [1.54, 1.807) is 6.07 Å². The molecule has 3 aromatic rings. The average Bonchev–Trinajstić information content (AvgIpc) is 3.28. The first-order chi connectivity index (χ1) is 14.0. The van der Waals surface area contributed by atoms with Gasteiger partial charge in [-0.05, 0) is 32.9 Å². The van der Waals surface area contributed by atoms with E-state index in [4.69, 9.17) is 5.10 Å². The van der Waals surface area contributed by atoms with Gasteiger partial charge < -0.3 is 4.90 Å². The van der Waals surface area contributed by atoms with Crippen LogP contribution in [0.15, 0.2) is 18.3 Å². The van der Waals surface area contributed by atoms with Gasteiger partial charge in [-0.1, -0.05) is 0 Å². The highest BCUT2D eigenvalue weighted by atomic mass is 19.1. The third-order valence-corrected chi connectivity index (χ3v) is 6.22. The van der Waals surface area contributed by atoms with Gasteiger partial charge in [-0.25, -0.2) is 8.91 Å². The summed E-state index contributed by atoms with van der Waals surface area (Å²) < 4.78 is 18.1. The van der Waals surface area contributed by atoms with E-state index in [2.05, 4.69) is 46.4 Å². The topological polar surface area (TPSA) is 65.4 Å². The number of hydrogen-bond acceptors (Lipinski definition) is 5. The molecule has 150 valence electrons. The first kappa shape index (κ1) is 18.1. The molecule has 2 aliphatic heterocycles. The molecule has 0 N–H and O–H groups in total. The number of aromatic nitrogens is 4. The molecule has 0 amide bonds. The van der Waals surface area contributed by atoms with Crippen molar-refractivity contribution in [3.8, 4) is 6.07 Å². The predicted molar refractivity (Wildman–Crippen MR) is 107 cm³/mol. The Bertz CT molecular complexity index is 1140. The molecule has 2 aliphatic rings. The normalized spacial score (nSPS) is 19.4. The Morgan fingerprint density at radius 1 is 1.28 bits per heavy atom. The molecule has 0 spiro atoms. The largest absolute Gasteiger partial charge is 0.362 e. The lowest BCUT2D eigenvalue weighted by atomic mass is 10.0. The highest BCUT2D eigenvalue weighted by Gasteiger charge is 2.32. The van der Waals surface area contributed by atoms with Crippen LogP contribution in [0, 0.1) is 17.1 Å². The number of fused-ring (bicyclic) bond motifs is 4. The van der Waals surface area contributed by atoms with Crippen molar-refractivity contribution in [2.45, 2.75) is 52.4 Å². The van der Waals surface area contributed by atoms with Crippen molar-refractivity contribution in [2.24, 2.45) is 0 Å². The number of halogens is 1. The Labute approximate surface area is 168 Å². The summed E-state index contributed by atoms with van der Waals surface area (Å²) in [6, 6.07) is 6.31. The molecule has 1 atom stereocenters. The van der Waals surface area contributed by atoms with Crippen molar-refractivity contribution in [1.29, 1.82) is 5.26 Å². The van der Waals surface area contributed by atoms with Crippen LogP contribution in [0.4, 0.5) is 10.1 Å². The smallest absolute Gasteiger partial charge is 0.171 e. The van der Waals surface area contributed by atoms with Crippen LogP contribution in [0.3, 0.4) is 0 Å². The van der Waals surface area contributed by atoms with Crippen LogP contribution in [0.2, 0.25) is 0 Å². The minimum atomic E-state index is -0.406. The maximum atomic E-state index is 14.6. The van der Waals surface area contributed by atoms with Crippen molar-refractivity contribution in [1.82, 2.24) is 24.3 Å². The quantitative estimate of drug-likeness (QED) is 0.670. The van der Waals surface area contributed by atoms with Gasteiger partial charge in [0.1, 0.15) is 17.3 Å². The number of anilines is 1. The number of nitrogens with zero attached hydrogens (tertiary/aromatic N) is 7. The monoisotopic (exact) mass is 393 g/mol. The molecule has 0 fully saturated rings. The SMILES string of the molecule is CC(C)N1CCc2nn3c(c2C1)CN(c1ccc(C#N)n2ncc(F)c12)C[C@H]3C. The van der Waals surface area contributed by atoms with Crippen LogP contribution in [-0.4, -0.2) is 43.4 Å². The fraction of sp³-hybridized carbons (Fsp3) is 0.476. The Kier molecular flexibility index (Phi) is 4.10. The van der Waals surface area contributed by atoms with Crippen molar-refractivity contribution in [3.63, 3.8) is 0 Å². The number of nitriles is 1. The summed E-state index contributed by atoms with van der Waals surface area (Å²) in [5.41, 5.74) is 5.19. The molecule has 3 aromatic heterocycles. The molecule has 29 heavy (non-hydrogen) atoms. The third kappa shape index (κ3) is 2.72. The molecular formula is C21H24FN7. The first-order valence-corrected chi connectivity index (χ1v) is 10.1. The molecule has 5 rings (SSSR count). The number of pyridine rings is 1. The lowest BCUT2D eigenvalue weighted by Crippen LogP contribution is -2.38. The van der Waals surface area contributed by atoms with E-state index in [-0.39, 0.29) is 6.04 Å². The number of hydrogen-bond donors (Lipinski definition) is 0. The van der Waals surface area contributed by atoms with Crippen molar-refractivity contribution >= 4 is 11.2 Å². The van der Waals surface area contributed by atoms with Crippen LogP contribution in [0.1, 0.15) is 49.5 Å². The van der Waals surface area contributed by atoms with Crippen molar-refractivity contribution < 1.29 is 4.39 Å². The maximum Gasteiger partial charge on any atom is 0.171 e. The van der Waals surface area contributed by atoms with E-state index in [1.165, 1.54) is 27.7 Å². The lowest BCUT2D eigenvalue weighted by Gasteiger charge is -2.35. The molecule has 0 aliphatic carbocycles. The van der Waals surface area contributed by atoms with E-state index < -0.39 is 5.82 Å². The molecule has 0 saturated carbocycles. The second-order valence-corrected chi connectivity index (χ2v) is 8.33. The minimum Gasteiger partial charge on any atom is -0.362 e. The van der Waals surface area contributed by atoms with E-state index in [0.29, 0.717) is 23.8 Å². The summed E-state index contributed by atoms with van der Waals surface area (Å²) in [6.07, 6.45) is 2.15. The molecule has 0 unspecified atom stereocenters. The second-order valence-electron chi connectivity index (χ2n) is 8.33. The van der Waals surface area contributed by atoms with Gasteiger partial charge in [0.15, 0.2) is 5.82 Å². The van der Waals surface area contributed by atoms with Crippen LogP contribution in [-0.2, 0) is 19.5 Å². The second kappa shape index (κ2) is 6.56. The molecule has 7 nitrogen and oxygen atoms in total. The Balaban J connectivity index is 1.58. The predicted octanol–water partition coefficient (Wildman–Crippen LogP) is 2.89. The highest BCUT2D eigenvalue weighted by molar-refractivity contribution is 5.75. The Morgan fingerprint density at radius 3 is 2.86 bits per heavy atom. The zero-order valence-corrected chi connectivity index (χ0v) is 16.9. The highest BCUT2D eigenvalue weighted by Crippen LogP contribution is 2.34. The zero-order valence-electron chi connectivity index (χ0n) is 16.9. The van der Waals surface area contributed by atoms with E-state index >= 15 is 0 Å². The zero-order chi connectivity index (χ0) is 20.3. The first-order valence-electron chi connectivity index (χ1n) is 10.1. The molecule has 8 heteroatoms. The van der Waals surface area contributed by atoms with Gasteiger partial charge in [0, 0.05) is 37.7 Å². The summed E-state index contributed by atoms with van der Waals surface area (Å²) in [5, 5.41) is 18.3. The van der Waals surface area contributed by atoms with E-state index in [0.717, 1.165) is 31.7 Å². The fourth-order valence-corrected chi connectivity index (χ4v) is 4.66. The van der Waals surface area contributed by atoms with Crippen molar-refractivity contribution in [2.75, 3.05) is 18.0 Å². The molecular weight excluding hydrogens is 369 g/mol. The van der Waals surface area contributed by atoms with Gasteiger partial charge in [0.2, 0.25) is 0 Å². The molecule has 0 saturated heterocycles. The molecule has 0 radical (unpaired) electrons. The van der Waals surface area contributed by atoms with Gasteiger partial charge in [-0.15, -0.1) is 0 Å². The van der Waals surface area contributed by atoms with Crippen LogP contribution in [0.5, 0.6) is 0 Å². The molecule has 0 aromatic carbocycles. The third-order valence-electron chi connectivity index (χ3n) is 6.22. The maximum absolute atomic E-state index is 14.6. The molecule has 5 heterocycles. The van der Waals surface area contributed by atoms with Crippen LogP contribution in [0.25, 0.3) is 5.52 Å². The number of rotatable bonds is 2. The average molecular weight is 393 g/mol. The standard InChI is InChI=1S/C21H24FN7/c1-13(2)26-7-6-18-16(11-26)20-12-27(10-14(3)28(20)25-18)19-5-4-15(8-23)29-21(19)17(22)9-24-29/h4-5,9,13-14H,6-7,10-12H2,1-3H3/t14-/m1/s1. The van der Waals surface area contributed by atoms with Gasteiger partial charge >= 0.3 is 0 Å². The van der Waals surface area contributed by atoms with E-state index in [9.17, 15) is 9.65 Å². The Hall–Kier alpha value is -2.92. The fourth-order valence-electron chi connectivity index (χ4n) is 4.66. The van der Waals surface area contributed by atoms with Gasteiger partial charge in [0.05, 0.1) is 35.9 Å². The van der Waals surface area contributed by atoms with Gasteiger partial charge in [-0.3, -0.25) is 9.58 Å². The molecule has 0 bridgehead atoms. The summed E-state index contributed by atoms with van der Waals surface area (Å²) in [7, 11) is 0. The Morgan fingerprint density at radius 2 is 2.10 bits per heavy atom. The van der Waals surface area contributed by atoms with E-state index in [1.807, 2.05) is 6.07 Å². The lowest BCUT2D eigenvalue weighted by molar-refractivity contribution is 0.202. The summed E-state index contributed by atoms with van der Waals surface area (Å²) in [4.78, 5) is 4.67. The van der Waals surface area contributed by atoms with Crippen LogP contribution < -0.4 is 4.90 Å². The summed E-state index contributed by atoms with van der Waals surface area (Å²) in [5.74, 6) is -0.406. The van der Waals surface area contributed by atoms with Gasteiger partial charge in [-0.2, -0.15) is 15.5 Å². The van der Waals surface area contributed by atoms with Crippen molar-refractivity contribution in [3.05, 3.63) is 46.8 Å². The summed E-state index contributed by atoms with van der Waals surface area (Å²) >= 11 is 0. The minimum absolute atomic E-state index is 0.179.